The third-order valence-electron chi connectivity index (χ3n) is 3.76. The number of carbonyl (C=O) groups is 3. The fraction of sp³-hybridized carbons (Fsp3) is 0.438. The Kier molecular flexibility index (Phi) is 6.04. The topological polar surface area (TPSA) is 116 Å². The summed E-state index contributed by atoms with van der Waals surface area (Å²) < 4.78 is 14.5. The minimum Gasteiger partial charge on any atom is -0.469 e. The first-order valence-electron chi connectivity index (χ1n) is 7.54. The largest absolute Gasteiger partial charge is 0.469 e. The van der Waals surface area contributed by atoms with Gasteiger partial charge >= 0.3 is 18.0 Å². The number of hydrogen-bond donors (Lipinski definition) is 1. The first kappa shape index (κ1) is 18.4. The summed E-state index contributed by atoms with van der Waals surface area (Å²) in [7, 11) is 2.39. The molecule has 1 N–H and O–H groups in total. The molecule has 2 rings (SSSR count). The van der Waals surface area contributed by atoms with E-state index in [9.17, 15) is 14.4 Å². The van der Waals surface area contributed by atoms with Crippen molar-refractivity contribution in [1.82, 2.24) is 5.32 Å². The average molecular weight is 349 g/mol. The Morgan fingerprint density at radius 1 is 1.20 bits per heavy atom. The van der Waals surface area contributed by atoms with Crippen LogP contribution in [0.2, 0.25) is 0 Å². The first-order chi connectivity index (χ1) is 12.0. The van der Waals surface area contributed by atoms with Crippen LogP contribution in [0.1, 0.15) is 12.0 Å². The number of nitrogens with zero attached hydrogens (tertiary/aromatic N) is 2. The summed E-state index contributed by atoms with van der Waals surface area (Å²) in [4.78, 5) is 35.9. The molecule has 0 saturated carbocycles. The molecule has 0 fully saturated rings. The maximum atomic E-state index is 12.2. The Morgan fingerprint density at radius 3 is 2.56 bits per heavy atom. The number of esters is 2. The van der Waals surface area contributed by atoms with E-state index in [2.05, 4.69) is 20.3 Å². The summed E-state index contributed by atoms with van der Waals surface area (Å²) in [6.07, 6.45) is -1.03. The van der Waals surface area contributed by atoms with Gasteiger partial charge in [-0.2, -0.15) is 10.2 Å². The van der Waals surface area contributed by atoms with E-state index >= 15 is 0 Å². The highest BCUT2D eigenvalue weighted by molar-refractivity contribution is 5.87. The molecule has 0 spiro atoms. The Balaban J connectivity index is 2.08. The summed E-state index contributed by atoms with van der Waals surface area (Å²) in [6.45, 7) is 0.0892. The number of carbonyl (C=O) groups excluding carboxylic acids is 3. The maximum absolute atomic E-state index is 12.2. The van der Waals surface area contributed by atoms with Gasteiger partial charge in [0, 0.05) is 5.92 Å². The van der Waals surface area contributed by atoms with Crippen molar-refractivity contribution in [3.8, 4) is 0 Å². The lowest BCUT2D eigenvalue weighted by atomic mass is 9.91. The van der Waals surface area contributed by atoms with Crippen molar-refractivity contribution >= 4 is 18.0 Å². The number of amides is 1. The van der Waals surface area contributed by atoms with E-state index < -0.39 is 29.6 Å². The van der Waals surface area contributed by atoms with Crippen LogP contribution < -0.4 is 5.32 Å². The van der Waals surface area contributed by atoms with E-state index in [1.54, 1.807) is 12.1 Å². The lowest BCUT2D eigenvalue weighted by molar-refractivity contribution is -0.151. The van der Waals surface area contributed by atoms with Gasteiger partial charge in [0.2, 0.25) is 0 Å². The molecule has 2 atom stereocenters. The predicted molar refractivity (Wildman–Crippen MR) is 84.4 cm³/mol. The number of nitrogens with one attached hydrogen (secondary N) is 1. The molecule has 9 nitrogen and oxygen atoms in total. The summed E-state index contributed by atoms with van der Waals surface area (Å²) in [5, 5.41) is 10.0. The van der Waals surface area contributed by atoms with Crippen LogP contribution in [0.3, 0.4) is 0 Å². The van der Waals surface area contributed by atoms with Crippen LogP contribution in [-0.4, -0.2) is 44.5 Å². The van der Waals surface area contributed by atoms with Crippen LogP contribution in [0.5, 0.6) is 0 Å². The third-order valence-corrected chi connectivity index (χ3v) is 3.76. The van der Waals surface area contributed by atoms with Crippen molar-refractivity contribution in [2.75, 3.05) is 20.8 Å². The van der Waals surface area contributed by atoms with E-state index in [0.29, 0.717) is 0 Å². The zero-order chi connectivity index (χ0) is 18.3. The molecule has 1 aromatic rings. The van der Waals surface area contributed by atoms with Gasteiger partial charge in [0.1, 0.15) is 6.61 Å². The lowest BCUT2D eigenvalue weighted by Gasteiger charge is -2.28. The quantitative estimate of drug-likeness (QED) is 0.613. The van der Waals surface area contributed by atoms with Gasteiger partial charge in [0.05, 0.1) is 27.2 Å². The predicted octanol–water partition coefficient (Wildman–Crippen LogP) is 1.43. The number of rotatable bonds is 6. The van der Waals surface area contributed by atoms with E-state index in [0.717, 1.165) is 12.7 Å². The third kappa shape index (κ3) is 4.31. The summed E-state index contributed by atoms with van der Waals surface area (Å²) >= 11 is 0. The zero-order valence-corrected chi connectivity index (χ0v) is 13.9. The van der Waals surface area contributed by atoms with Gasteiger partial charge in [0.15, 0.2) is 0 Å². The van der Waals surface area contributed by atoms with E-state index in [1.807, 2.05) is 18.2 Å². The molecule has 9 heteroatoms. The van der Waals surface area contributed by atoms with Crippen molar-refractivity contribution < 1.29 is 28.6 Å². The highest BCUT2D eigenvalue weighted by atomic mass is 16.6. The molecule has 0 radical (unpaired) electrons. The highest BCUT2D eigenvalue weighted by Gasteiger charge is 2.53. The van der Waals surface area contributed by atoms with Crippen molar-refractivity contribution in [3.63, 3.8) is 0 Å². The second-order valence-electron chi connectivity index (χ2n) is 5.35. The number of alkyl carbamates (subject to hydrolysis) is 1. The van der Waals surface area contributed by atoms with Crippen LogP contribution >= 0.6 is 0 Å². The van der Waals surface area contributed by atoms with Crippen molar-refractivity contribution in [3.05, 3.63) is 35.9 Å². The zero-order valence-electron chi connectivity index (χ0n) is 13.9. The summed E-state index contributed by atoms with van der Waals surface area (Å²) in [5.41, 5.74) is -1.03. The molecule has 1 aromatic carbocycles. The normalized spacial score (nSPS) is 21.4. The standard InChI is InChI=1S/C16H19N3O6/c1-23-13(20)8-12-9-17-19-16(12,14(21)24-2)18-15(22)25-10-11-6-4-3-5-7-11/h3-7,12H,8-10H2,1-2H3,(H,18,22)/t12-,16-/m1/s1. The fourth-order valence-electron chi connectivity index (χ4n) is 2.42. The lowest BCUT2D eigenvalue weighted by Crippen LogP contribution is -2.58. The van der Waals surface area contributed by atoms with Gasteiger partial charge in [-0.25, -0.2) is 9.59 Å². The van der Waals surface area contributed by atoms with Gasteiger partial charge in [-0.15, -0.1) is 0 Å². The van der Waals surface area contributed by atoms with Crippen LogP contribution in [0.15, 0.2) is 40.6 Å². The second-order valence-corrected chi connectivity index (χ2v) is 5.35. The number of azo groups is 1. The second kappa shape index (κ2) is 8.22. The van der Waals surface area contributed by atoms with Crippen molar-refractivity contribution in [2.45, 2.75) is 18.7 Å². The van der Waals surface area contributed by atoms with Crippen molar-refractivity contribution in [1.29, 1.82) is 0 Å². The van der Waals surface area contributed by atoms with Gasteiger partial charge in [-0.1, -0.05) is 30.3 Å². The van der Waals surface area contributed by atoms with E-state index in [1.165, 1.54) is 7.11 Å². The monoisotopic (exact) mass is 349 g/mol. The smallest absolute Gasteiger partial charge is 0.409 e. The molecule has 1 amide bonds. The van der Waals surface area contributed by atoms with Gasteiger partial charge in [-0.3, -0.25) is 10.1 Å². The molecule has 0 aliphatic carbocycles. The van der Waals surface area contributed by atoms with Gasteiger partial charge in [0.25, 0.3) is 5.66 Å². The van der Waals surface area contributed by atoms with Gasteiger partial charge < -0.3 is 14.2 Å². The van der Waals surface area contributed by atoms with E-state index in [-0.39, 0.29) is 19.6 Å². The molecule has 0 unspecified atom stereocenters. The number of ether oxygens (including phenoxy) is 3. The average Bonchev–Trinajstić information content (AvgIpc) is 3.03. The Morgan fingerprint density at radius 2 is 1.92 bits per heavy atom. The molecule has 1 aliphatic rings. The summed E-state index contributed by atoms with van der Waals surface area (Å²) in [5.74, 6) is -2.11. The van der Waals surface area contributed by atoms with Crippen LogP contribution in [-0.2, 0) is 30.4 Å². The molecule has 0 aromatic heterocycles. The molecule has 0 saturated heterocycles. The van der Waals surface area contributed by atoms with Crippen LogP contribution in [0, 0.1) is 5.92 Å². The number of benzene rings is 1. The molecule has 25 heavy (non-hydrogen) atoms. The van der Waals surface area contributed by atoms with Crippen LogP contribution in [0.25, 0.3) is 0 Å². The molecule has 1 heterocycles. The summed E-state index contributed by atoms with van der Waals surface area (Å²) in [6, 6.07) is 9.04. The molecule has 0 bridgehead atoms. The SMILES string of the molecule is COC(=O)C[C@@H]1CN=N[C@@]1(NC(=O)OCc1ccccc1)C(=O)OC. The fourth-order valence-corrected chi connectivity index (χ4v) is 2.42. The van der Waals surface area contributed by atoms with Crippen molar-refractivity contribution in [2.24, 2.45) is 16.1 Å². The number of methoxy groups -OCH3 is 2. The minimum atomic E-state index is -1.81. The molecule has 1 aliphatic heterocycles. The van der Waals surface area contributed by atoms with Gasteiger partial charge in [-0.05, 0) is 5.56 Å². The van der Waals surface area contributed by atoms with Crippen LogP contribution in [0.4, 0.5) is 4.79 Å². The maximum Gasteiger partial charge on any atom is 0.409 e. The first-order valence-corrected chi connectivity index (χ1v) is 7.54. The Labute approximate surface area is 144 Å². The van der Waals surface area contributed by atoms with E-state index in [4.69, 9.17) is 9.47 Å². The Hall–Kier alpha value is -2.97. The molecular weight excluding hydrogens is 330 g/mol. The minimum absolute atomic E-state index is 0.0166. The number of hydrogen-bond acceptors (Lipinski definition) is 8. The highest BCUT2D eigenvalue weighted by Crippen LogP contribution is 2.31. The Bertz CT molecular complexity index is 663. The molecular formula is C16H19N3O6. The molecule has 134 valence electrons.